The minimum atomic E-state index is -0.725. The molecule has 1 aromatic rings. The molecular weight excluding hydrogens is 261 g/mol. The Morgan fingerprint density at radius 2 is 2.25 bits per heavy atom. The van der Waals surface area contributed by atoms with Crippen LogP contribution in [0.5, 0.6) is 0 Å². The van der Waals surface area contributed by atoms with Crippen molar-refractivity contribution in [3.63, 3.8) is 0 Å². The van der Waals surface area contributed by atoms with Crippen molar-refractivity contribution in [2.24, 2.45) is 0 Å². The number of hydrogen-bond acceptors (Lipinski definition) is 3. The van der Waals surface area contributed by atoms with E-state index in [-0.39, 0.29) is 24.9 Å². The molecule has 1 rings (SSSR count). The third kappa shape index (κ3) is 5.11. The fraction of sp³-hybridized carbons (Fsp3) is 0.400. The molecule has 0 fully saturated rings. The summed E-state index contributed by atoms with van der Waals surface area (Å²) in [6, 6.07) is 6.06. The lowest BCUT2D eigenvalue weighted by Gasteiger charge is -2.19. The zero-order valence-electron chi connectivity index (χ0n) is 12.0. The first-order valence-electron chi connectivity index (χ1n) is 6.30. The highest BCUT2D eigenvalue weighted by molar-refractivity contribution is 5.94. The van der Waals surface area contributed by atoms with E-state index in [0.29, 0.717) is 11.1 Å². The van der Waals surface area contributed by atoms with E-state index in [4.69, 9.17) is 4.74 Å². The van der Waals surface area contributed by atoms with E-state index in [2.05, 4.69) is 0 Å². The average molecular weight is 281 g/mol. The summed E-state index contributed by atoms with van der Waals surface area (Å²) >= 11 is 0. The number of aliphatic hydroxyl groups is 1. The summed E-state index contributed by atoms with van der Waals surface area (Å²) in [5, 5.41) is 9.57. The van der Waals surface area contributed by atoms with E-state index in [1.807, 2.05) is 0 Å². The minimum absolute atomic E-state index is 0.171. The molecule has 0 aliphatic carbocycles. The van der Waals surface area contributed by atoms with E-state index < -0.39 is 6.10 Å². The first kappa shape index (κ1) is 16.3. The van der Waals surface area contributed by atoms with Crippen molar-refractivity contribution >= 4 is 11.5 Å². The van der Waals surface area contributed by atoms with Crippen LogP contribution in [0, 0.1) is 5.82 Å². The highest BCUT2D eigenvalue weighted by Gasteiger charge is 2.12. The Labute approximate surface area is 118 Å². The number of carbonyl (C=O) groups excluding carboxylic acids is 1. The van der Waals surface area contributed by atoms with E-state index in [1.54, 1.807) is 26.1 Å². The Bertz CT molecular complexity index is 488. The van der Waals surface area contributed by atoms with Gasteiger partial charge in [-0.05, 0) is 30.2 Å². The van der Waals surface area contributed by atoms with Gasteiger partial charge in [0.25, 0.3) is 0 Å². The molecule has 0 bridgehead atoms. The zero-order chi connectivity index (χ0) is 15.1. The van der Waals surface area contributed by atoms with Gasteiger partial charge in [0.05, 0.1) is 12.7 Å². The summed E-state index contributed by atoms with van der Waals surface area (Å²) in [5.74, 6) is -0.589. The molecule has 1 unspecified atom stereocenters. The number of rotatable bonds is 6. The molecule has 0 spiro atoms. The SMILES string of the molecule is COCC(O)CN(C)C(=O)/C=C(/C)c1cccc(F)c1. The summed E-state index contributed by atoms with van der Waals surface area (Å²) in [6.07, 6.45) is 0.700. The lowest BCUT2D eigenvalue weighted by molar-refractivity contribution is -0.126. The molecule has 5 heteroatoms. The monoisotopic (exact) mass is 281 g/mol. The number of aliphatic hydroxyl groups excluding tert-OH is 1. The zero-order valence-corrected chi connectivity index (χ0v) is 12.0. The van der Waals surface area contributed by atoms with E-state index in [1.165, 1.54) is 30.2 Å². The lowest BCUT2D eigenvalue weighted by Crippen LogP contribution is -2.35. The van der Waals surface area contributed by atoms with Crippen LogP contribution < -0.4 is 0 Å². The van der Waals surface area contributed by atoms with E-state index in [0.717, 1.165) is 0 Å². The lowest BCUT2D eigenvalue weighted by atomic mass is 10.1. The Morgan fingerprint density at radius 3 is 2.85 bits per heavy atom. The van der Waals surface area contributed by atoms with Crippen LogP contribution in [0.15, 0.2) is 30.3 Å². The minimum Gasteiger partial charge on any atom is -0.389 e. The van der Waals surface area contributed by atoms with Gasteiger partial charge in [-0.2, -0.15) is 0 Å². The highest BCUT2D eigenvalue weighted by atomic mass is 19.1. The van der Waals surface area contributed by atoms with Gasteiger partial charge in [-0.3, -0.25) is 4.79 Å². The molecule has 1 atom stereocenters. The van der Waals surface area contributed by atoms with Crippen molar-refractivity contribution in [3.05, 3.63) is 41.7 Å². The number of allylic oxidation sites excluding steroid dienone is 1. The van der Waals surface area contributed by atoms with E-state index >= 15 is 0 Å². The summed E-state index contributed by atoms with van der Waals surface area (Å²) in [7, 11) is 3.08. The number of halogens is 1. The Kier molecular flexibility index (Phi) is 6.35. The van der Waals surface area contributed by atoms with Gasteiger partial charge in [-0.15, -0.1) is 0 Å². The molecule has 0 saturated carbocycles. The second kappa shape index (κ2) is 7.77. The van der Waals surface area contributed by atoms with Gasteiger partial charge in [-0.25, -0.2) is 4.39 Å². The molecule has 0 aromatic heterocycles. The van der Waals surface area contributed by atoms with Crippen LogP contribution >= 0.6 is 0 Å². The predicted molar refractivity (Wildman–Crippen MR) is 75.6 cm³/mol. The summed E-state index contributed by atoms with van der Waals surface area (Å²) in [6.45, 7) is 2.09. The van der Waals surface area contributed by atoms with Gasteiger partial charge in [-0.1, -0.05) is 12.1 Å². The number of methoxy groups -OCH3 is 1. The van der Waals surface area contributed by atoms with Crippen LogP contribution in [0.3, 0.4) is 0 Å². The molecule has 1 N–H and O–H groups in total. The molecule has 0 saturated heterocycles. The summed E-state index contributed by atoms with van der Waals surface area (Å²) in [5.41, 5.74) is 1.33. The number of likely N-dealkylation sites (N-methyl/N-ethyl adjacent to an activating group) is 1. The van der Waals surface area contributed by atoms with Gasteiger partial charge in [0.1, 0.15) is 5.82 Å². The van der Waals surface area contributed by atoms with Crippen LogP contribution in [0.2, 0.25) is 0 Å². The molecule has 0 aliphatic rings. The fourth-order valence-corrected chi connectivity index (χ4v) is 1.76. The van der Waals surface area contributed by atoms with Gasteiger partial charge >= 0.3 is 0 Å². The first-order valence-corrected chi connectivity index (χ1v) is 6.30. The number of ether oxygens (including phenoxy) is 1. The van der Waals surface area contributed by atoms with Gasteiger partial charge in [0.2, 0.25) is 5.91 Å². The third-order valence-electron chi connectivity index (χ3n) is 2.84. The first-order chi connectivity index (χ1) is 9.43. The van der Waals surface area contributed by atoms with E-state index in [9.17, 15) is 14.3 Å². The highest BCUT2D eigenvalue weighted by Crippen LogP contribution is 2.15. The van der Waals surface area contributed by atoms with Crippen molar-refractivity contribution in [1.29, 1.82) is 0 Å². The summed E-state index contributed by atoms with van der Waals surface area (Å²) < 4.78 is 17.9. The summed E-state index contributed by atoms with van der Waals surface area (Å²) in [4.78, 5) is 13.4. The van der Waals surface area contributed by atoms with Crippen LogP contribution in [0.25, 0.3) is 5.57 Å². The van der Waals surface area contributed by atoms with Crippen LogP contribution in [-0.4, -0.2) is 49.3 Å². The normalized spacial score (nSPS) is 13.2. The Hall–Kier alpha value is -1.72. The number of benzene rings is 1. The standard InChI is InChI=1S/C15H20FNO3/c1-11(12-5-4-6-13(16)8-12)7-15(19)17(2)9-14(18)10-20-3/h4-8,14,18H,9-10H2,1-3H3/b11-7-. The molecule has 0 aliphatic heterocycles. The van der Waals surface area contributed by atoms with Gasteiger partial charge in [0.15, 0.2) is 0 Å². The Balaban J connectivity index is 2.70. The molecule has 1 aromatic carbocycles. The average Bonchev–Trinajstić information content (AvgIpc) is 2.38. The molecule has 110 valence electrons. The van der Waals surface area contributed by atoms with Crippen LogP contribution in [0.4, 0.5) is 4.39 Å². The maximum absolute atomic E-state index is 13.1. The largest absolute Gasteiger partial charge is 0.389 e. The maximum atomic E-state index is 13.1. The molecule has 0 radical (unpaired) electrons. The van der Waals surface area contributed by atoms with Crippen LogP contribution in [0.1, 0.15) is 12.5 Å². The molecule has 0 heterocycles. The topological polar surface area (TPSA) is 49.8 Å². The van der Waals surface area contributed by atoms with Crippen molar-refractivity contribution < 1.29 is 19.0 Å². The van der Waals surface area contributed by atoms with Gasteiger partial charge < -0.3 is 14.7 Å². The van der Waals surface area contributed by atoms with Gasteiger partial charge in [0, 0.05) is 26.8 Å². The Morgan fingerprint density at radius 1 is 1.55 bits per heavy atom. The maximum Gasteiger partial charge on any atom is 0.246 e. The smallest absolute Gasteiger partial charge is 0.246 e. The molecule has 20 heavy (non-hydrogen) atoms. The van der Waals surface area contributed by atoms with Crippen molar-refractivity contribution in [1.82, 2.24) is 4.90 Å². The van der Waals surface area contributed by atoms with Crippen LogP contribution in [-0.2, 0) is 9.53 Å². The second-order valence-corrected chi connectivity index (χ2v) is 4.67. The number of carbonyl (C=O) groups is 1. The van der Waals surface area contributed by atoms with Crippen molar-refractivity contribution in [3.8, 4) is 0 Å². The number of nitrogens with zero attached hydrogens (tertiary/aromatic N) is 1. The quantitative estimate of drug-likeness (QED) is 0.807. The van der Waals surface area contributed by atoms with Crippen molar-refractivity contribution in [2.75, 3.05) is 27.3 Å². The second-order valence-electron chi connectivity index (χ2n) is 4.67. The number of amides is 1. The third-order valence-corrected chi connectivity index (χ3v) is 2.84. The molecule has 4 nitrogen and oxygen atoms in total. The fourth-order valence-electron chi connectivity index (χ4n) is 1.76. The predicted octanol–water partition coefficient (Wildman–Crippen LogP) is 1.69. The number of hydrogen-bond donors (Lipinski definition) is 1. The van der Waals surface area contributed by atoms with Crippen molar-refractivity contribution in [2.45, 2.75) is 13.0 Å². The molecule has 1 amide bonds. The molecular formula is C15H20FNO3.